The fraction of sp³-hybridized carbons (Fsp3) is 0.0469. The number of fused-ring (bicyclic) bond motifs is 5. The fourth-order valence-corrected chi connectivity index (χ4v) is 10.00. The average Bonchev–Trinajstić information content (AvgIpc) is 3.42. The van der Waals surface area contributed by atoms with Gasteiger partial charge >= 0.3 is 0 Å². The van der Waals surface area contributed by atoms with Crippen molar-refractivity contribution < 1.29 is 0 Å². The molecule has 0 spiro atoms. The number of aliphatic imine (C=N–C) groups is 1. The maximum Gasteiger partial charge on any atom is 0.134 e. The summed E-state index contributed by atoms with van der Waals surface area (Å²) in [6.07, 6.45) is 6.58. The third-order valence-electron chi connectivity index (χ3n) is 13.6. The molecule has 1 aliphatic heterocycles. The Balaban J connectivity index is 1.04. The van der Waals surface area contributed by atoms with E-state index in [0.717, 1.165) is 97.2 Å². The lowest BCUT2D eigenvalue weighted by Crippen LogP contribution is -2.26. The number of hydrogen-bond acceptors (Lipinski definition) is 4. The van der Waals surface area contributed by atoms with Gasteiger partial charge in [-0.3, -0.25) is 0 Å². The fourth-order valence-electron chi connectivity index (χ4n) is 10.00. The molecule has 320 valence electrons. The summed E-state index contributed by atoms with van der Waals surface area (Å²) in [5.74, 6) is 0.845. The minimum atomic E-state index is 0.696. The Hall–Kier alpha value is -8.73. The highest BCUT2D eigenvalue weighted by molar-refractivity contribution is 6.04. The Morgan fingerprint density at radius 3 is 1.32 bits per heavy atom. The van der Waals surface area contributed by atoms with E-state index in [1.807, 2.05) is 0 Å². The molecule has 2 aliphatic rings. The summed E-state index contributed by atoms with van der Waals surface area (Å²) >= 11 is 0. The molecule has 68 heavy (non-hydrogen) atoms. The largest absolute Gasteiger partial charge is 0.365 e. The van der Waals surface area contributed by atoms with Gasteiger partial charge in [0, 0.05) is 34.4 Å². The van der Waals surface area contributed by atoms with Crippen molar-refractivity contribution in [2.45, 2.75) is 19.4 Å². The molecule has 2 aromatic heterocycles. The molecule has 0 fully saturated rings. The Bertz CT molecular complexity index is 3780. The maximum absolute atomic E-state index is 5.44. The van der Waals surface area contributed by atoms with Gasteiger partial charge in [-0.25, -0.2) is 15.0 Å². The predicted octanol–water partition coefficient (Wildman–Crippen LogP) is 16.1. The summed E-state index contributed by atoms with van der Waals surface area (Å²) < 4.78 is 0. The highest BCUT2D eigenvalue weighted by Crippen LogP contribution is 2.39. The summed E-state index contributed by atoms with van der Waals surface area (Å²) in [4.78, 5) is 16.1. The van der Waals surface area contributed by atoms with Crippen LogP contribution in [0.2, 0.25) is 0 Å². The zero-order valence-corrected chi connectivity index (χ0v) is 37.3. The van der Waals surface area contributed by atoms with E-state index in [4.69, 9.17) is 15.0 Å². The third-order valence-corrected chi connectivity index (χ3v) is 13.6. The molecule has 13 rings (SSSR count). The molecular formula is C64H44N4. The number of nitrogens with one attached hydrogen (secondary N) is 1. The first-order valence-electron chi connectivity index (χ1n) is 23.5. The van der Waals surface area contributed by atoms with Crippen molar-refractivity contribution in [1.29, 1.82) is 0 Å². The molecule has 0 bridgehead atoms. The molecule has 1 N–H and O–H groups in total. The van der Waals surface area contributed by atoms with Gasteiger partial charge in [0.25, 0.3) is 0 Å². The molecule has 3 heterocycles. The molecular weight excluding hydrogens is 825 g/mol. The molecule has 0 saturated heterocycles. The van der Waals surface area contributed by atoms with Crippen molar-refractivity contribution in [3.05, 3.63) is 241 Å². The van der Waals surface area contributed by atoms with Gasteiger partial charge in [-0.2, -0.15) is 0 Å². The van der Waals surface area contributed by atoms with Crippen LogP contribution in [0.5, 0.6) is 0 Å². The SMILES string of the molecule is C1=Cc2ccc(-c3cc(-c4cc(C5=Nc6ccccc6CN5)cc(-c5cc(-c6ccc7ccccc7c6)nc(-c6ccc7ccccc7c6)c5)c4)cc(-c4ccc5ccccc5c4)n3)cc2CC1. The molecule has 0 atom stereocenters. The van der Waals surface area contributed by atoms with Gasteiger partial charge in [-0.05, 0) is 157 Å². The molecule has 1 aliphatic carbocycles. The van der Waals surface area contributed by atoms with Crippen molar-refractivity contribution in [1.82, 2.24) is 15.3 Å². The van der Waals surface area contributed by atoms with E-state index in [1.165, 1.54) is 49.0 Å². The van der Waals surface area contributed by atoms with E-state index in [1.54, 1.807) is 0 Å². The van der Waals surface area contributed by atoms with Gasteiger partial charge in [0.05, 0.1) is 28.5 Å². The molecule has 9 aromatic carbocycles. The normalized spacial score (nSPS) is 13.0. The first kappa shape index (κ1) is 39.6. The first-order chi connectivity index (χ1) is 33.6. The maximum atomic E-state index is 5.44. The van der Waals surface area contributed by atoms with Gasteiger partial charge in [-0.15, -0.1) is 0 Å². The second kappa shape index (κ2) is 16.6. The molecule has 4 heteroatoms. The second-order valence-electron chi connectivity index (χ2n) is 18.0. The predicted molar refractivity (Wildman–Crippen MR) is 284 cm³/mol. The van der Waals surface area contributed by atoms with Crippen LogP contribution in [-0.2, 0) is 13.0 Å². The number of pyridine rings is 2. The van der Waals surface area contributed by atoms with Crippen LogP contribution in [-0.4, -0.2) is 15.8 Å². The zero-order valence-electron chi connectivity index (χ0n) is 37.3. The lowest BCUT2D eigenvalue weighted by atomic mass is 9.91. The summed E-state index contributed by atoms with van der Waals surface area (Å²) in [7, 11) is 0. The summed E-state index contributed by atoms with van der Waals surface area (Å²) in [6.45, 7) is 0.696. The van der Waals surface area contributed by atoms with Gasteiger partial charge in [0.1, 0.15) is 5.84 Å². The Kier molecular flexibility index (Phi) is 9.68. The summed E-state index contributed by atoms with van der Waals surface area (Å²) in [5.41, 5.74) is 18.1. The minimum absolute atomic E-state index is 0.696. The summed E-state index contributed by atoms with van der Waals surface area (Å²) in [5, 5.41) is 10.9. The van der Waals surface area contributed by atoms with Gasteiger partial charge in [0.15, 0.2) is 0 Å². The van der Waals surface area contributed by atoms with E-state index < -0.39 is 0 Å². The van der Waals surface area contributed by atoms with Crippen LogP contribution >= 0.6 is 0 Å². The van der Waals surface area contributed by atoms with Crippen molar-refractivity contribution in [3.63, 3.8) is 0 Å². The number of hydrogen-bond donors (Lipinski definition) is 1. The third kappa shape index (κ3) is 7.52. The standard InChI is InChI=1S/C64H44N4/c1-5-15-45-29-49(25-21-41(45)11-1)60-36-56(37-61(66-60)50-26-22-42-12-2-6-16-46(42)30-50)54-33-55(35-58(34-54)64-65-40-53-19-9-10-20-59(53)68-64)57-38-62(51-27-23-43-13-3-7-17-47(43)31-51)67-63(39-57)52-28-24-44-14-4-8-18-48(44)32-52/h1-7,9-17,19-39H,8,18,40H2,(H,65,68). The van der Waals surface area contributed by atoms with Crippen LogP contribution in [0.1, 0.15) is 28.7 Å². The Morgan fingerprint density at radius 1 is 0.338 bits per heavy atom. The second-order valence-corrected chi connectivity index (χ2v) is 18.0. The van der Waals surface area contributed by atoms with E-state index in [-0.39, 0.29) is 0 Å². The smallest absolute Gasteiger partial charge is 0.134 e. The minimum Gasteiger partial charge on any atom is -0.365 e. The van der Waals surface area contributed by atoms with Crippen LogP contribution in [0.25, 0.3) is 106 Å². The lowest BCUT2D eigenvalue weighted by Gasteiger charge is -2.20. The Labute approximate surface area is 395 Å². The Morgan fingerprint density at radius 2 is 0.779 bits per heavy atom. The van der Waals surface area contributed by atoms with E-state index in [2.05, 4.69) is 230 Å². The number of rotatable bonds is 7. The molecule has 0 radical (unpaired) electrons. The summed E-state index contributed by atoms with van der Waals surface area (Å²) in [6, 6.07) is 76.8. The molecule has 0 amide bonds. The number of aryl methyl sites for hydroxylation is 1. The van der Waals surface area contributed by atoms with Gasteiger partial charge in [0.2, 0.25) is 0 Å². The van der Waals surface area contributed by atoms with Crippen LogP contribution in [0.3, 0.4) is 0 Å². The van der Waals surface area contributed by atoms with Crippen LogP contribution in [0, 0.1) is 0 Å². The van der Waals surface area contributed by atoms with Gasteiger partial charge < -0.3 is 5.32 Å². The number of amidine groups is 1. The number of aromatic nitrogens is 2. The molecule has 11 aromatic rings. The number of para-hydroxylation sites is 1. The average molecular weight is 869 g/mol. The highest BCUT2D eigenvalue weighted by atomic mass is 15.0. The quantitative estimate of drug-likeness (QED) is 0.174. The van der Waals surface area contributed by atoms with E-state index in [9.17, 15) is 0 Å². The van der Waals surface area contributed by atoms with Gasteiger partial charge in [-0.1, -0.05) is 152 Å². The van der Waals surface area contributed by atoms with Crippen molar-refractivity contribution in [2.24, 2.45) is 4.99 Å². The van der Waals surface area contributed by atoms with Crippen LogP contribution in [0.15, 0.2) is 223 Å². The van der Waals surface area contributed by atoms with Crippen molar-refractivity contribution in [3.8, 4) is 67.3 Å². The highest BCUT2D eigenvalue weighted by Gasteiger charge is 2.19. The van der Waals surface area contributed by atoms with Crippen LogP contribution < -0.4 is 5.32 Å². The topological polar surface area (TPSA) is 50.2 Å². The van der Waals surface area contributed by atoms with E-state index >= 15 is 0 Å². The number of benzene rings is 9. The lowest BCUT2D eigenvalue weighted by molar-refractivity contribution is 0.893. The first-order valence-corrected chi connectivity index (χ1v) is 23.5. The number of allylic oxidation sites excluding steroid dienone is 1. The monoisotopic (exact) mass is 868 g/mol. The zero-order chi connectivity index (χ0) is 45.0. The van der Waals surface area contributed by atoms with Crippen LogP contribution in [0.4, 0.5) is 5.69 Å². The molecule has 4 nitrogen and oxygen atoms in total. The molecule has 0 saturated carbocycles. The van der Waals surface area contributed by atoms with Crippen molar-refractivity contribution >= 4 is 49.9 Å². The van der Waals surface area contributed by atoms with E-state index in [0.29, 0.717) is 6.54 Å². The van der Waals surface area contributed by atoms with Crippen molar-refractivity contribution in [2.75, 3.05) is 0 Å². The molecule has 0 unspecified atom stereocenters. The number of nitrogens with zero attached hydrogens (tertiary/aromatic N) is 3.